The Hall–Kier alpha value is -1.86. The number of hydrogen-bond donors (Lipinski definition) is 0. The average molecular weight is 368 g/mol. The minimum atomic E-state index is -2.83. The van der Waals surface area contributed by atoms with Gasteiger partial charge in [-0.1, -0.05) is 0 Å². The Morgan fingerprint density at radius 3 is 2.58 bits per heavy atom. The molecule has 3 fully saturated rings. The van der Waals surface area contributed by atoms with Crippen molar-refractivity contribution in [1.82, 2.24) is 15.1 Å². The summed E-state index contributed by atoms with van der Waals surface area (Å²) in [7, 11) is 0. The number of aromatic nitrogens is 2. The number of carbonyl (C=O) groups excluding carboxylic acids is 1. The van der Waals surface area contributed by atoms with E-state index in [1.165, 1.54) is 4.90 Å². The van der Waals surface area contributed by atoms with Crippen LogP contribution < -0.4 is 4.90 Å². The molecule has 1 aromatic heterocycles. The number of halogens is 3. The number of piperidine rings is 1. The van der Waals surface area contributed by atoms with Crippen LogP contribution in [0.4, 0.5) is 19.0 Å². The first-order valence-electron chi connectivity index (χ1n) is 9.16. The van der Waals surface area contributed by atoms with Crippen LogP contribution in [-0.2, 0) is 4.79 Å². The topological polar surface area (TPSA) is 49.3 Å². The van der Waals surface area contributed by atoms with Crippen LogP contribution in [0.3, 0.4) is 0 Å². The number of aryl methyl sites for hydroxylation is 1. The normalized spacial score (nSPS) is 33.4. The zero-order valence-corrected chi connectivity index (χ0v) is 14.8. The Bertz CT molecular complexity index is 692. The van der Waals surface area contributed by atoms with Crippen LogP contribution in [0.1, 0.15) is 31.4 Å². The summed E-state index contributed by atoms with van der Waals surface area (Å²) in [5.41, 5.74) is -0.499. The first-order chi connectivity index (χ1) is 12.3. The minimum Gasteiger partial charge on any atom is -0.354 e. The third-order valence-electron chi connectivity index (χ3n) is 6.17. The van der Waals surface area contributed by atoms with Crippen LogP contribution in [0.5, 0.6) is 0 Å². The molecule has 0 radical (unpaired) electrons. The van der Waals surface area contributed by atoms with Crippen LogP contribution in [0.25, 0.3) is 0 Å². The molecule has 3 heterocycles. The summed E-state index contributed by atoms with van der Waals surface area (Å²) in [6, 6.07) is 3.60. The first-order valence-corrected chi connectivity index (χ1v) is 9.16. The van der Waals surface area contributed by atoms with E-state index in [0.717, 1.165) is 5.69 Å². The molecule has 0 unspecified atom stereocenters. The van der Waals surface area contributed by atoms with E-state index in [4.69, 9.17) is 0 Å². The molecule has 4 rings (SSSR count). The van der Waals surface area contributed by atoms with Gasteiger partial charge in [-0.05, 0) is 38.3 Å². The van der Waals surface area contributed by atoms with Crippen molar-refractivity contribution in [3.05, 3.63) is 17.8 Å². The highest BCUT2D eigenvalue weighted by Gasteiger charge is 2.60. The molecule has 2 saturated heterocycles. The van der Waals surface area contributed by atoms with Crippen molar-refractivity contribution in [2.45, 2.75) is 44.7 Å². The van der Waals surface area contributed by atoms with Gasteiger partial charge in [0, 0.05) is 38.5 Å². The van der Waals surface area contributed by atoms with Crippen LogP contribution in [0.2, 0.25) is 0 Å². The van der Waals surface area contributed by atoms with Gasteiger partial charge in [-0.25, -0.2) is 13.2 Å². The van der Waals surface area contributed by atoms with Crippen LogP contribution in [0.15, 0.2) is 12.1 Å². The van der Waals surface area contributed by atoms with E-state index in [1.54, 1.807) is 6.07 Å². The summed E-state index contributed by atoms with van der Waals surface area (Å²) in [4.78, 5) is 15.9. The monoisotopic (exact) mass is 368 g/mol. The van der Waals surface area contributed by atoms with E-state index in [1.807, 2.05) is 17.9 Å². The molecular formula is C18H23F3N4O. The molecule has 1 aliphatic carbocycles. The third kappa shape index (κ3) is 2.83. The summed E-state index contributed by atoms with van der Waals surface area (Å²) in [6.45, 7) is 2.51. The lowest BCUT2D eigenvalue weighted by Crippen LogP contribution is -2.59. The molecule has 2 aliphatic heterocycles. The Balaban J connectivity index is 1.51. The van der Waals surface area contributed by atoms with Gasteiger partial charge in [-0.3, -0.25) is 4.79 Å². The Morgan fingerprint density at radius 1 is 1.15 bits per heavy atom. The summed E-state index contributed by atoms with van der Waals surface area (Å²) < 4.78 is 42.8. The van der Waals surface area contributed by atoms with Crippen LogP contribution >= 0.6 is 0 Å². The molecular weight excluding hydrogens is 345 g/mol. The number of hydrogen-bond acceptors (Lipinski definition) is 4. The number of carbonyl (C=O) groups is 1. The largest absolute Gasteiger partial charge is 0.354 e. The fourth-order valence-electron chi connectivity index (χ4n) is 4.35. The molecule has 1 aromatic rings. The standard InChI is InChI=1S/C18H23F3N4O/c1-12-2-3-15(23-22-12)24-6-4-17(10-24)11-25(7-5-18(17,20)21)16(26)13-8-14(19)9-13/h2-3,13-14H,4-11H2,1H3/t13?,14?,17-/m0/s1. The molecule has 142 valence electrons. The Labute approximate surface area is 150 Å². The first kappa shape index (κ1) is 17.5. The van der Waals surface area contributed by atoms with Crippen LogP contribution in [-0.4, -0.2) is 59.3 Å². The number of nitrogens with zero attached hydrogens (tertiary/aromatic N) is 4. The highest BCUT2D eigenvalue weighted by molar-refractivity contribution is 5.80. The zero-order valence-electron chi connectivity index (χ0n) is 14.8. The van der Waals surface area contributed by atoms with E-state index in [2.05, 4.69) is 10.2 Å². The number of rotatable bonds is 2. The van der Waals surface area contributed by atoms with Crippen molar-refractivity contribution < 1.29 is 18.0 Å². The van der Waals surface area contributed by atoms with Gasteiger partial charge < -0.3 is 9.80 Å². The smallest absolute Gasteiger partial charge is 0.258 e. The van der Waals surface area contributed by atoms with Crippen molar-refractivity contribution in [1.29, 1.82) is 0 Å². The van der Waals surface area contributed by atoms with Gasteiger partial charge in [-0.2, -0.15) is 5.10 Å². The number of alkyl halides is 3. The third-order valence-corrected chi connectivity index (χ3v) is 6.17. The maximum Gasteiger partial charge on any atom is 0.258 e. The van der Waals surface area contributed by atoms with Gasteiger partial charge in [0.25, 0.3) is 5.92 Å². The molecule has 0 aromatic carbocycles. The van der Waals surface area contributed by atoms with Gasteiger partial charge >= 0.3 is 0 Å². The molecule has 1 saturated carbocycles. The minimum absolute atomic E-state index is 0.0298. The van der Waals surface area contributed by atoms with E-state index in [0.29, 0.717) is 18.8 Å². The quantitative estimate of drug-likeness (QED) is 0.805. The van der Waals surface area contributed by atoms with E-state index < -0.39 is 17.5 Å². The van der Waals surface area contributed by atoms with Crippen molar-refractivity contribution >= 4 is 11.7 Å². The second kappa shape index (κ2) is 6.09. The predicted molar refractivity (Wildman–Crippen MR) is 89.8 cm³/mol. The van der Waals surface area contributed by atoms with Gasteiger partial charge in [0.05, 0.1) is 11.1 Å². The average Bonchev–Trinajstić information content (AvgIpc) is 3.00. The SMILES string of the molecule is Cc1ccc(N2CC[C@@]3(CN(C(=O)C4CC(F)C4)CCC3(F)F)C2)nn1. The second-order valence-corrected chi connectivity index (χ2v) is 7.96. The molecule has 0 bridgehead atoms. The van der Waals surface area contributed by atoms with Crippen molar-refractivity contribution in [2.75, 3.05) is 31.1 Å². The molecule has 5 nitrogen and oxygen atoms in total. The van der Waals surface area contributed by atoms with Gasteiger partial charge in [0.1, 0.15) is 6.17 Å². The molecule has 1 spiro atoms. The van der Waals surface area contributed by atoms with Crippen molar-refractivity contribution in [3.8, 4) is 0 Å². The maximum atomic E-state index is 14.9. The molecule has 0 N–H and O–H groups in total. The number of amides is 1. The van der Waals surface area contributed by atoms with Gasteiger partial charge in [-0.15, -0.1) is 5.10 Å². The zero-order chi connectivity index (χ0) is 18.5. The fourth-order valence-corrected chi connectivity index (χ4v) is 4.35. The lowest BCUT2D eigenvalue weighted by atomic mass is 9.74. The van der Waals surface area contributed by atoms with Crippen molar-refractivity contribution in [3.63, 3.8) is 0 Å². The fraction of sp³-hybridized carbons (Fsp3) is 0.722. The molecule has 1 amide bonds. The molecule has 26 heavy (non-hydrogen) atoms. The van der Waals surface area contributed by atoms with Crippen LogP contribution in [0, 0.1) is 18.3 Å². The van der Waals surface area contributed by atoms with E-state index >= 15 is 0 Å². The Kier molecular flexibility index (Phi) is 4.11. The highest BCUT2D eigenvalue weighted by atomic mass is 19.3. The summed E-state index contributed by atoms with van der Waals surface area (Å²) in [6.07, 6.45) is -0.507. The molecule has 8 heteroatoms. The maximum absolute atomic E-state index is 14.9. The van der Waals surface area contributed by atoms with Crippen molar-refractivity contribution in [2.24, 2.45) is 11.3 Å². The highest BCUT2D eigenvalue weighted by Crippen LogP contribution is 2.50. The summed E-state index contributed by atoms with van der Waals surface area (Å²) in [5, 5.41) is 8.11. The summed E-state index contributed by atoms with van der Waals surface area (Å²) >= 11 is 0. The lowest BCUT2D eigenvalue weighted by molar-refractivity contribution is -0.173. The van der Waals surface area contributed by atoms with Gasteiger partial charge in [0.2, 0.25) is 5.91 Å². The van der Waals surface area contributed by atoms with E-state index in [9.17, 15) is 18.0 Å². The Morgan fingerprint density at radius 2 is 1.92 bits per heavy atom. The second-order valence-electron chi connectivity index (χ2n) is 7.96. The lowest BCUT2D eigenvalue weighted by Gasteiger charge is -2.47. The number of anilines is 1. The van der Waals surface area contributed by atoms with Gasteiger partial charge in [0.15, 0.2) is 5.82 Å². The summed E-state index contributed by atoms with van der Waals surface area (Å²) in [5.74, 6) is -2.75. The number of likely N-dealkylation sites (tertiary alicyclic amines) is 1. The molecule has 1 atom stereocenters. The van der Waals surface area contributed by atoms with E-state index in [-0.39, 0.29) is 50.7 Å². The predicted octanol–water partition coefficient (Wildman–Crippen LogP) is 2.60. The molecule has 3 aliphatic rings.